The number of quaternary nitrogens is 2. The van der Waals surface area contributed by atoms with Crippen LogP contribution >= 0.6 is 0 Å². The van der Waals surface area contributed by atoms with Gasteiger partial charge in [-0.3, -0.25) is 29.0 Å². The van der Waals surface area contributed by atoms with Crippen LogP contribution in [0.2, 0.25) is 0 Å². The van der Waals surface area contributed by atoms with Crippen LogP contribution in [0, 0.1) is 55.4 Å². The van der Waals surface area contributed by atoms with E-state index in [9.17, 15) is 24.3 Å². The maximum absolute atomic E-state index is 14.7. The molecule has 0 spiro atoms. The van der Waals surface area contributed by atoms with Crippen LogP contribution in [0.4, 0.5) is 22.7 Å². The average Bonchev–Trinajstić information content (AvgIpc) is 0.862. The second kappa shape index (κ2) is 40.1. The molecule has 5 unspecified atom stereocenters. The van der Waals surface area contributed by atoms with E-state index in [1.54, 1.807) is 7.11 Å². The summed E-state index contributed by atoms with van der Waals surface area (Å²) >= 11 is 0. The van der Waals surface area contributed by atoms with Gasteiger partial charge in [0, 0.05) is 36.3 Å². The van der Waals surface area contributed by atoms with E-state index in [1.165, 1.54) is 5.56 Å². The summed E-state index contributed by atoms with van der Waals surface area (Å²) in [6, 6.07) is 22.5. The number of para-hydroxylation sites is 3. The molecule has 516 valence electrons. The zero-order valence-electron chi connectivity index (χ0n) is 59.7. The lowest BCUT2D eigenvalue weighted by molar-refractivity contribution is -0.921. The zero-order chi connectivity index (χ0) is 67.2. The molecule has 5 N–H and O–H groups in total. The predicted molar refractivity (Wildman–Crippen MR) is 385 cm³/mol. The summed E-state index contributed by atoms with van der Waals surface area (Å²) in [5.41, 5.74) is 13.4. The van der Waals surface area contributed by atoms with Gasteiger partial charge in [-0.2, -0.15) is 0 Å². The maximum Gasteiger partial charge on any atom is 0.279 e. The Morgan fingerprint density at radius 1 is 0.473 bits per heavy atom. The van der Waals surface area contributed by atoms with E-state index in [-0.39, 0.29) is 48.2 Å². The number of likely N-dealkylation sites (tertiary alicyclic amines) is 2. The van der Waals surface area contributed by atoms with Crippen molar-refractivity contribution >= 4 is 46.4 Å². The standard InChI is InChI=1S/C78H122N8O7/c1-12-14-24-44-85(48-31-51-92-11,57-71(88)79-73-59(3)32-28-33-60(73)4)46-26-18-17-22-41-84-43-39-67(56-70(84)78(91)81-75-63(7)36-30-37-64(75)8)68-54-65(9)76(66(10)55-68)82-77(90)69-38-20-23-42-83(69)40-21-16-19-27-47-86(45-25-15-13-2,49-52-93-53-50-87)58-72(89)80-74-61(5)34-29-35-62(74)6/h28-30,32-37,54-55,67,69-70,87H,12-27,31,38-53,56-58H2,1-11H3,(H2-2,79,80,81,82,88,89,90,91)/p+2. The molecule has 5 atom stereocenters. The molecular weight excluding hydrogens is 1160 g/mol. The first-order valence-corrected chi connectivity index (χ1v) is 36.2. The number of aliphatic hydroxyl groups excluding tert-OH is 1. The highest BCUT2D eigenvalue weighted by Gasteiger charge is 2.37. The van der Waals surface area contributed by atoms with Gasteiger partial charge in [0.1, 0.15) is 6.54 Å². The van der Waals surface area contributed by atoms with Crippen molar-refractivity contribution in [3.63, 3.8) is 0 Å². The number of carbonyl (C=O) groups excluding carboxylic acids is 4. The smallest absolute Gasteiger partial charge is 0.279 e. The summed E-state index contributed by atoms with van der Waals surface area (Å²) in [4.78, 5) is 61.9. The first-order valence-electron chi connectivity index (χ1n) is 36.2. The Morgan fingerprint density at radius 2 is 0.892 bits per heavy atom. The number of piperidine rings is 2. The summed E-state index contributed by atoms with van der Waals surface area (Å²) in [5.74, 6) is 0.430. The number of nitrogens with zero attached hydrogens (tertiary/aromatic N) is 4. The molecule has 2 aliphatic heterocycles. The van der Waals surface area contributed by atoms with Crippen LogP contribution in [0.1, 0.15) is 198 Å². The van der Waals surface area contributed by atoms with E-state index >= 15 is 0 Å². The highest BCUT2D eigenvalue weighted by Crippen LogP contribution is 2.37. The summed E-state index contributed by atoms with van der Waals surface area (Å²) in [6.45, 7) is 32.2. The van der Waals surface area contributed by atoms with Crippen molar-refractivity contribution in [1.29, 1.82) is 0 Å². The van der Waals surface area contributed by atoms with Gasteiger partial charge < -0.3 is 44.8 Å². The van der Waals surface area contributed by atoms with Gasteiger partial charge in [-0.15, -0.1) is 0 Å². The van der Waals surface area contributed by atoms with Crippen molar-refractivity contribution < 1.29 is 42.7 Å². The minimum absolute atomic E-state index is 0.0164. The van der Waals surface area contributed by atoms with Gasteiger partial charge in [0.15, 0.2) is 13.1 Å². The average molecular weight is 1290 g/mol. The molecule has 4 aromatic carbocycles. The first kappa shape index (κ1) is 76.5. The van der Waals surface area contributed by atoms with Crippen molar-refractivity contribution in [2.24, 2.45) is 0 Å². The normalized spacial score (nSPS) is 17.6. The van der Waals surface area contributed by atoms with Crippen molar-refractivity contribution in [2.45, 2.75) is 216 Å². The molecule has 2 saturated heterocycles. The van der Waals surface area contributed by atoms with Crippen molar-refractivity contribution in [1.82, 2.24) is 9.80 Å². The summed E-state index contributed by atoms with van der Waals surface area (Å²) in [5, 5.41) is 22.9. The minimum atomic E-state index is -0.294. The van der Waals surface area contributed by atoms with Crippen molar-refractivity contribution in [3.05, 3.63) is 117 Å². The van der Waals surface area contributed by atoms with Gasteiger partial charge in [0.25, 0.3) is 11.8 Å². The van der Waals surface area contributed by atoms with Crippen LogP contribution in [-0.4, -0.2) is 172 Å². The van der Waals surface area contributed by atoms with E-state index < -0.39 is 0 Å². The zero-order valence-corrected chi connectivity index (χ0v) is 59.7. The Kier molecular flexibility index (Phi) is 33.0. The van der Waals surface area contributed by atoms with Crippen molar-refractivity contribution in [2.75, 3.05) is 133 Å². The van der Waals surface area contributed by atoms with Gasteiger partial charge in [-0.25, -0.2) is 0 Å². The number of ether oxygens (including phenoxy) is 2. The number of rotatable bonds is 42. The number of hydrogen-bond acceptors (Lipinski definition) is 9. The number of aryl methyl sites for hydroxylation is 8. The first-order chi connectivity index (χ1) is 44.8. The second-order valence-electron chi connectivity index (χ2n) is 28.0. The molecule has 15 heteroatoms. The summed E-state index contributed by atoms with van der Waals surface area (Å²) in [6.07, 6.45) is 20.5. The number of carbonyl (C=O) groups is 4. The highest BCUT2D eigenvalue weighted by molar-refractivity contribution is 5.97. The number of benzene rings is 4. The lowest BCUT2D eigenvalue weighted by Gasteiger charge is -2.39. The quantitative estimate of drug-likeness (QED) is 0.0215. The largest absolute Gasteiger partial charge is 0.394 e. The number of anilines is 4. The molecular formula is C78H124N8O7+2. The molecule has 2 fully saturated rings. The van der Waals surface area contributed by atoms with Gasteiger partial charge in [0.05, 0.1) is 71.2 Å². The summed E-state index contributed by atoms with van der Waals surface area (Å²) < 4.78 is 12.8. The fourth-order valence-corrected chi connectivity index (χ4v) is 15.0. The Hall–Kier alpha value is -5.52. The molecule has 6 rings (SSSR count). The Bertz CT molecular complexity index is 2860. The molecule has 0 bridgehead atoms. The monoisotopic (exact) mass is 1280 g/mol. The summed E-state index contributed by atoms with van der Waals surface area (Å²) in [7, 11) is 1.76. The minimum Gasteiger partial charge on any atom is -0.394 e. The topological polar surface area (TPSA) is 162 Å². The molecule has 93 heavy (non-hydrogen) atoms. The number of hydrogen-bond donors (Lipinski definition) is 5. The van der Waals surface area contributed by atoms with Crippen LogP contribution < -0.4 is 21.3 Å². The van der Waals surface area contributed by atoms with E-state index in [0.29, 0.717) is 43.8 Å². The third-order valence-corrected chi connectivity index (χ3v) is 20.4. The molecule has 2 aliphatic rings. The van der Waals surface area contributed by atoms with Crippen LogP contribution in [0.3, 0.4) is 0 Å². The van der Waals surface area contributed by atoms with Crippen molar-refractivity contribution in [3.8, 4) is 0 Å². The predicted octanol–water partition coefficient (Wildman–Crippen LogP) is 14.6. The Morgan fingerprint density at radius 3 is 1.37 bits per heavy atom. The lowest BCUT2D eigenvalue weighted by atomic mass is 9.83. The van der Waals surface area contributed by atoms with E-state index in [4.69, 9.17) is 9.47 Å². The van der Waals surface area contributed by atoms with Crippen LogP contribution in [0.15, 0.2) is 66.7 Å². The number of methoxy groups -OCH3 is 1. The fourth-order valence-electron chi connectivity index (χ4n) is 15.0. The number of nitrogens with one attached hydrogen (secondary N) is 4. The molecule has 2 heterocycles. The van der Waals surface area contributed by atoms with Crippen LogP contribution in [0.5, 0.6) is 0 Å². The van der Waals surface area contributed by atoms with Gasteiger partial charge in [-0.05, 0) is 227 Å². The maximum atomic E-state index is 14.7. The molecule has 15 nitrogen and oxygen atoms in total. The van der Waals surface area contributed by atoms with Gasteiger partial charge in [-0.1, -0.05) is 113 Å². The molecule has 0 saturated carbocycles. The fraction of sp³-hybridized carbons (Fsp3) is 0.641. The molecule has 4 aromatic rings. The highest BCUT2D eigenvalue weighted by atomic mass is 16.5. The number of amides is 4. The molecule has 4 amide bonds. The van der Waals surface area contributed by atoms with Gasteiger partial charge in [0.2, 0.25) is 11.8 Å². The van der Waals surface area contributed by atoms with E-state index in [2.05, 4.69) is 123 Å². The second-order valence-corrected chi connectivity index (χ2v) is 28.0. The lowest BCUT2D eigenvalue weighted by Crippen LogP contribution is -2.55. The molecule has 0 radical (unpaired) electrons. The Balaban J connectivity index is 1.06. The van der Waals surface area contributed by atoms with Gasteiger partial charge >= 0.3 is 0 Å². The van der Waals surface area contributed by atoms with Crippen LogP contribution in [-0.2, 0) is 28.7 Å². The third kappa shape index (κ3) is 24.3. The van der Waals surface area contributed by atoms with Crippen LogP contribution in [0.25, 0.3) is 0 Å². The number of aliphatic hydroxyl groups is 1. The third-order valence-electron chi connectivity index (χ3n) is 20.4. The van der Waals surface area contributed by atoms with E-state index in [0.717, 1.165) is 259 Å². The molecule has 0 aromatic heterocycles. The SMILES string of the molecule is CCCCC[N+](CCCCCCN1CCC(c2cc(C)c(NC(=O)C3CCCCN3CCCCCC[N+](CCCCC)(CCOCCO)CC(=O)Nc3c(C)cccc3C)c(C)c2)CC1C(=O)Nc1c(C)cccc1C)(CCCOC)CC(=O)Nc1c(C)cccc1C. The number of unbranched alkanes of at least 4 members (excludes halogenated alkanes) is 10. The Labute approximate surface area is 562 Å². The van der Waals surface area contributed by atoms with E-state index in [1.807, 2.05) is 44.2 Å². The molecule has 0 aliphatic carbocycles.